The Bertz CT molecular complexity index is 1050. The zero-order chi connectivity index (χ0) is 18.7. The van der Waals surface area contributed by atoms with Gasteiger partial charge in [-0.15, -0.1) is 10.2 Å². The Morgan fingerprint density at radius 2 is 2.12 bits per heavy atom. The van der Waals surface area contributed by atoms with Gasteiger partial charge in [-0.1, -0.05) is 17.7 Å². The smallest absolute Gasteiger partial charge is 0.326 e. The second-order valence-corrected chi connectivity index (χ2v) is 7.50. The molecule has 1 aromatic carbocycles. The minimum Gasteiger partial charge on any atom is -0.465 e. The van der Waals surface area contributed by atoms with E-state index in [1.54, 1.807) is 37.4 Å². The molecular formula is C16H15ClN4O4S. The van der Waals surface area contributed by atoms with Crippen LogP contribution in [-0.4, -0.2) is 42.1 Å². The number of fused-ring (bicyclic) bond motifs is 1. The second kappa shape index (κ2) is 7.30. The van der Waals surface area contributed by atoms with Crippen LogP contribution in [0.25, 0.3) is 5.65 Å². The van der Waals surface area contributed by atoms with Gasteiger partial charge >= 0.3 is 5.97 Å². The summed E-state index contributed by atoms with van der Waals surface area (Å²) in [5, 5.41) is 7.93. The van der Waals surface area contributed by atoms with Crippen molar-refractivity contribution >= 4 is 38.9 Å². The maximum Gasteiger partial charge on any atom is 0.326 e. The van der Waals surface area contributed by atoms with Crippen LogP contribution < -0.4 is 4.31 Å². The Morgan fingerprint density at radius 1 is 1.31 bits per heavy atom. The lowest BCUT2D eigenvalue weighted by Gasteiger charge is -2.23. The molecule has 10 heteroatoms. The van der Waals surface area contributed by atoms with Crippen LogP contribution in [0, 0.1) is 0 Å². The Balaban J connectivity index is 2.13. The minimum absolute atomic E-state index is 0.0817. The molecule has 0 fully saturated rings. The van der Waals surface area contributed by atoms with Crippen LogP contribution in [0.4, 0.5) is 5.69 Å². The molecule has 2 heterocycles. The van der Waals surface area contributed by atoms with E-state index >= 15 is 0 Å². The number of esters is 1. The van der Waals surface area contributed by atoms with Crippen molar-refractivity contribution in [1.29, 1.82) is 0 Å². The molecule has 8 nitrogen and oxygen atoms in total. The van der Waals surface area contributed by atoms with E-state index in [1.807, 2.05) is 0 Å². The first-order valence-corrected chi connectivity index (χ1v) is 9.47. The fraction of sp³-hybridized carbons (Fsp3) is 0.188. The zero-order valence-electron chi connectivity index (χ0n) is 13.7. The van der Waals surface area contributed by atoms with Gasteiger partial charge in [0.2, 0.25) is 0 Å². The number of hydrogen-bond acceptors (Lipinski definition) is 6. The van der Waals surface area contributed by atoms with Crippen LogP contribution in [0.1, 0.15) is 6.92 Å². The van der Waals surface area contributed by atoms with E-state index in [0.29, 0.717) is 5.02 Å². The minimum atomic E-state index is -4.13. The summed E-state index contributed by atoms with van der Waals surface area (Å²) in [4.78, 5) is 11.9. The van der Waals surface area contributed by atoms with Gasteiger partial charge in [0, 0.05) is 11.2 Å². The first-order valence-electron chi connectivity index (χ1n) is 7.65. The molecule has 0 saturated heterocycles. The maximum absolute atomic E-state index is 13.3. The van der Waals surface area contributed by atoms with Crippen molar-refractivity contribution in [1.82, 2.24) is 14.6 Å². The third-order valence-corrected chi connectivity index (χ3v) is 5.56. The largest absolute Gasteiger partial charge is 0.465 e. The number of benzene rings is 1. The summed E-state index contributed by atoms with van der Waals surface area (Å²) in [7, 11) is -4.13. The molecule has 136 valence electrons. The van der Waals surface area contributed by atoms with Gasteiger partial charge in [-0.05, 0) is 37.3 Å². The molecule has 0 unspecified atom stereocenters. The summed E-state index contributed by atoms with van der Waals surface area (Å²) in [6, 6.07) is 9.18. The van der Waals surface area contributed by atoms with E-state index in [-0.39, 0.29) is 22.8 Å². The molecule has 2 aromatic heterocycles. The first-order chi connectivity index (χ1) is 12.4. The predicted molar refractivity (Wildman–Crippen MR) is 95.6 cm³/mol. The van der Waals surface area contributed by atoms with Crippen molar-refractivity contribution in [3.05, 3.63) is 53.9 Å². The maximum atomic E-state index is 13.3. The van der Waals surface area contributed by atoms with E-state index in [0.717, 1.165) is 4.31 Å². The first kappa shape index (κ1) is 18.2. The number of sulfonamides is 1. The standard InChI is InChI=1S/C16H15ClN4O4S/c1-2-25-15(22)10-21(13-6-3-5-12(17)9-13)26(23,24)14-7-4-8-20-11-18-19-16(14)20/h3-9,11H,2,10H2,1H3. The molecule has 0 aliphatic heterocycles. The monoisotopic (exact) mass is 394 g/mol. The van der Waals surface area contributed by atoms with Crippen LogP contribution in [-0.2, 0) is 19.6 Å². The number of hydrogen-bond donors (Lipinski definition) is 0. The van der Waals surface area contributed by atoms with Crippen LogP contribution in [0.15, 0.2) is 53.8 Å². The molecule has 0 aliphatic carbocycles. The Labute approximate surface area is 155 Å². The SMILES string of the molecule is CCOC(=O)CN(c1cccc(Cl)c1)S(=O)(=O)c1cccn2cnnc12. The molecule has 0 saturated carbocycles. The number of carbonyl (C=O) groups is 1. The summed E-state index contributed by atoms with van der Waals surface area (Å²) < 4.78 is 33.9. The number of pyridine rings is 1. The molecule has 0 spiro atoms. The molecule has 0 amide bonds. The van der Waals surface area contributed by atoms with E-state index < -0.39 is 22.5 Å². The van der Waals surface area contributed by atoms with Crippen LogP contribution in [0.5, 0.6) is 0 Å². The van der Waals surface area contributed by atoms with Gasteiger partial charge in [-0.25, -0.2) is 8.42 Å². The lowest BCUT2D eigenvalue weighted by Crippen LogP contribution is -2.36. The fourth-order valence-corrected chi connectivity index (χ4v) is 4.13. The predicted octanol–water partition coefficient (Wildman–Crippen LogP) is 2.14. The van der Waals surface area contributed by atoms with Crippen LogP contribution in [0.3, 0.4) is 0 Å². The number of rotatable bonds is 6. The number of nitrogens with zero attached hydrogens (tertiary/aromatic N) is 4. The third-order valence-electron chi connectivity index (χ3n) is 3.53. The quantitative estimate of drug-likeness (QED) is 0.594. The van der Waals surface area contributed by atoms with E-state index in [4.69, 9.17) is 16.3 Å². The zero-order valence-corrected chi connectivity index (χ0v) is 15.3. The van der Waals surface area contributed by atoms with E-state index in [1.165, 1.54) is 22.9 Å². The topological polar surface area (TPSA) is 93.9 Å². The molecule has 26 heavy (non-hydrogen) atoms. The number of ether oxygens (including phenoxy) is 1. The highest BCUT2D eigenvalue weighted by atomic mass is 35.5. The molecule has 0 atom stereocenters. The Morgan fingerprint density at radius 3 is 2.85 bits per heavy atom. The summed E-state index contributed by atoms with van der Waals surface area (Å²) in [6.07, 6.45) is 3.02. The number of carbonyl (C=O) groups excluding carboxylic acids is 1. The highest BCUT2D eigenvalue weighted by Crippen LogP contribution is 2.27. The van der Waals surface area contributed by atoms with Gasteiger partial charge in [0.25, 0.3) is 10.0 Å². The summed E-state index contributed by atoms with van der Waals surface area (Å²) in [5.74, 6) is -0.676. The van der Waals surface area contributed by atoms with Gasteiger partial charge in [-0.2, -0.15) is 0 Å². The van der Waals surface area contributed by atoms with Crippen molar-refractivity contribution in [3.63, 3.8) is 0 Å². The van der Waals surface area contributed by atoms with E-state index in [9.17, 15) is 13.2 Å². The van der Waals surface area contributed by atoms with Crippen molar-refractivity contribution < 1.29 is 17.9 Å². The summed E-state index contributed by atoms with van der Waals surface area (Å²) in [5.41, 5.74) is 0.399. The lowest BCUT2D eigenvalue weighted by atomic mass is 10.3. The number of anilines is 1. The van der Waals surface area contributed by atoms with Crippen LogP contribution in [0.2, 0.25) is 5.02 Å². The van der Waals surface area contributed by atoms with Gasteiger partial charge in [0.1, 0.15) is 17.8 Å². The van der Waals surface area contributed by atoms with Gasteiger partial charge in [0.15, 0.2) is 5.65 Å². The van der Waals surface area contributed by atoms with E-state index in [2.05, 4.69) is 10.2 Å². The molecular weight excluding hydrogens is 380 g/mol. The Kier molecular flexibility index (Phi) is 5.10. The molecule has 0 radical (unpaired) electrons. The van der Waals surface area contributed by atoms with Gasteiger partial charge in [0.05, 0.1) is 12.3 Å². The van der Waals surface area contributed by atoms with Gasteiger partial charge in [-0.3, -0.25) is 13.5 Å². The average molecular weight is 395 g/mol. The molecule has 0 bridgehead atoms. The fourth-order valence-electron chi connectivity index (χ4n) is 2.42. The van der Waals surface area contributed by atoms with Crippen molar-refractivity contribution in [2.45, 2.75) is 11.8 Å². The number of aromatic nitrogens is 3. The average Bonchev–Trinajstić information content (AvgIpc) is 3.08. The van der Waals surface area contributed by atoms with Crippen molar-refractivity contribution in [3.8, 4) is 0 Å². The third kappa shape index (κ3) is 3.49. The van der Waals surface area contributed by atoms with Crippen LogP contribution >= 0.6 is 11.6 Å². The number of halogens is 1. The lowest BCUT2D eigenvalue weighted by molar-refractivity contribution is -0.141. The highest BCUT2D eigenvalue weighted by molar-refractivity contribution is 7.93. The molecule has 3 rings (SSSR count). The van der Waals surface area contributed by atoms with Crippen molar-refractivity contribution in [2.24, 2.45) is 0 Å². The molecule has 3 aromatic rings. The highest BCUT2D eigenvalue weighted by Gasteiger charge is 2.30. The molecule has 0 aliphatic rings. The van der Waals surface area contributed by atoms with Crippen molar-refractivity contribution in [2.75, 3.05) is 17.5 Å². The Hall–Kier alpha value is -2.65. The summed E-state index contributed by atoms with van der Waals surface area (Å²) in [6.45, 7) is 1.29. The summed E-state index contributed by atoms with van der Waals surface area (Å²) >= 11 is 6.00. The second-order valence-electron chi connectivity index (χ2n) is 5.23. The normalized spacial score (nSPS) is 11.5. The molecule has 0 N–H and O–H groups in total. The van der Waals surface area contributed by atoms with Gasteiger partial charge < -0.3 is 4.74 Å².